The molecular weight excluding hydrogens is 122 g/mol. The smallest absolute Gasteiger partial charge is 0.0576 e. The Hall–Kier alpha value is -0.740. The molecule has 1 aliphatic rings. The van der Waals surface area contributed by atoms with Gasteiger partial charge in [-0.05, 0) is 19.3 Å². The number of nitrogens with one attached hydrogen (secondary N) is 1. The summed E-state index contributed by atoms with van der Waals surface area (Å²) in [4.78, 5) is 0. The van der Waals surface area contributed by atoms with E-state index in [1.807, 2.05) is 0 Å². The minimum absolute atomic E-state index is 0.692. The van der Waals surface area contributed by atoms with Crippen LogP contribution in [0.25, 0.3) is 0 Å². The molecule has 54 valence electrons. The van der Waals surface area contributed by atoms with Crippen molar-refractivity contribution in [1.82, 2.24) is 5.32 Å². The van der Waals surface area contributed by atoms with Crippen LogP contribution in [0.4, 0.5) is 0 Å². The number of rotatable bonds is 3. The Bertz CT molecular complexity index is 162. The molecule has 0 spiro atoms. The average molecular weight is 135 g/mol. The summed E-state index contributed by atoms with van der Waals surface area (Å²) in [6.07, 6.45) is 11.2. The number of hydrogen-bond donors (Lipinski definition) is 1. The van der Waals surface area contributed by atoms with Crippen LogP contribution in [0.5, 0.6) is 0 Å². The molecule has 0 atom stereocenters. The zero-order valence-corrected chi connectivity index (χ0v) is 6.19. The molecule has 0 fully saturated rings. The van der Waals surface area contributed by atoms with Gasteiger partial charge in [0, 0.05) is 6.54 Å². The lowest BCUT2D eigenvalue weighted by atomic mass is 10.2. The molecule has 0 amide bonds. The molecule has 0 saturated heterocycles. The summed E-state index contributed by atoms with van der Waals surface area (Å²) in [6.45, 7) is 1.68. The van der Waals surface area contributed by atoms with E-state index in [0.717, 1.165) is 6.54 Å². The molecule has 0 aromatic rings. The fourth-order valence-corrected chi connectivity index (χ4v) is 1.19. The Morgan fingerprint density at radius 2 is 2.60 bits per heavy atom. The SMILES string of the molecule is C#CCNCC1=CCCC1. The zero-order chi connectivity index (χ0) is 7.23. The molecule has 0 heterocycles. The fraction of sp³-hybridized carbons (Fsp3) is 0.556. The van der Waals surface area contributed by atoms with E-state index in [2.05, 4.69) is 17.3 Å². The highest BCUT2D eigenvalue weighted by Gasteiger charge is 2.01. The van der Waals surface area contributed by atoms with Crippen molar-refractivity contribution in [2.45, 2.75) is 19.3 Å². The lowest BCUT2D eigenvalue weighted by Gasteiger charge is -1.99. The maximum atomic E-state index is 5.08. The monoisotopic (exact) mass is 135 g/mol. The van der Waals surface area contributed by atoms with Gasteiger partial charge in [-0.15, -0.1) is 6.42 Å². The van der Waals surface area contributed by atoms with E-state index in [4.69, 9.17) is 6.42 Å². The van der Waals surface area contributed by atoms with Crippen LogP contribution < -0.4 is 5.32 Å². The third kappa shape index (κ3) is 2.24. The van der Waals surface area contributed by atoms with Crippen molar-refractivity contribution in [2.24, 2.45) is 0 Å². The molecule has 0 bridgehead atoms. The zero-order valence-electron chi connectivity index (χ0n) is 6.19. The van der Waals surface area contributed by atoms with E-state index < -0.39 is 0 Å². The normalized spacial score (nSPS) is 16.5. The van der Waals surface area contributed by atoms with Gasteiger partial charge in [-0.2, -0.15) is 0 Å². The Balaban J connectivity index is 2.08. The van der Waals surface area contributed by atoms with Crippen molar-refractivity contribution >= 4 is 0 Å². The Kier molecular flexibility index (Phi) is 3.05. The number of terminal acetylenes is 1. The maximum absolute atomic E-state index is 5.08. The summed E-state index contributed by atoms with van der Waals surface area (Å²) in [5.41, 5.74) is 1.52. The molecule has 1 aliphatic carbocycles. The summed E-state index contributed by atoms with van der Waals surface area (Å²) in [5.74, 6) is 2.55. The van der Waals surface area contributed by atoms with Crippen LogP contribution in [-0.4, -0.2) is 13.1 Å². The largest absolute Gasteiger partial charge is 0.302 e. The summed E-state index contributed by atoms with van der Waals surface area (Å²) < 4.78 is 0. The van der Waals surface area contributed by atoms with Crippen molar-refractivity contribution in [3.05, 3.63) is 11.6 Å². The van der Waals surface area contributed by atoms with E-state index in [1.165, 1.54) is 24.8 Å². The van der Waals surface area contributed by atoms with Gasteiger partial charge in [-0.3, -0.25) is 0 Å². The van der Waals surface area contributed by atoms with Crippen LogP contribution in [0.2, 0.25) is 0 Å². The molecule has 0 aliphatic heterocycles. The summed E-state index contributed by atoms with van der Waals surface area (Å²) >= 11 is 0. The quantitative estimate of drug-likeness (QED) is 0.349. The van der Waals surface area contributed by atoms with Crippen molar-refractivity contribution in [2.75, 3.05) is 13.1 Å². The van der Waals surface area contributed by atoms with Gasteiger partial charge in [0.2, 0.25) is 0 Å². The Labute approximate surface area is 62.5 Å². The lowest BCUT2D eigenvalue weighted by Crippen LogP contribution is -2.16. The van der Waals surface area contributed by atoms with Crippen molar-refractivity contribution < 1.29 is 0 Å². The van der Waals surface area contributed by atoms with E-state index in [9.17, 15) is 0 Å². The molecule has 0 saturated carbocycles. The standard InChI is InChI=1S/C9H13N/c1-2-7-10-8-9-5-3-4-6-9/h1,5,10H,3-4,6-8H2. The minimum atomic E-state index is 0.692. The molecule has 1 N–H and O–H groups in total. The van der Waals surface area contributed by atoms with Gasteiger partial charge in [0.05, 0.1) is 6.54 Å². The minimum Gasteiger partial charge on any atom is -0.302 e. The summed E-state index contributed by atoms with van der Waals surface area (Å²) in [5, 5.41) is 3.17. The summed E-state index contributed by atoms with van der Waals surface area (Å²) in [7, 11) is 0. The predicted molar refractivity (Wildman–Crippen MR) is 43.6 cm³/mol. The first-order valence-corrected chi connectivity index (χ1v) is 3.75. The molecule has 1 rings (SSSR count). The molecule has 1 nitrogen and oxygen atoms in total. The van der Waals surface area contributed by atoms with Gasteiger partial charge in [0.1, 0.15) is 0 Å². The molecule has 10 heavy (non-hydrogen) atoms. The maximum Gasteiger partial charge on any atom is 0.0576 e. The fourth-order valence-electron chi connectivity index (χ4n) is 1.19. The molecular formula is C9H13N. The van der Waals surface area contributed by atoms with Gasteiger partial charge in [0.25, 0.3) is 0 Å². The number of allylic oxidation sites excluding steroid dienone is 1. The summed E-state index contributed by atoms with van der Waals surface area (Å²) in [6, 6.07) is 0. The topological polar surface area (TPSA) is 12.0 Å². The number of hydrogen-bond acceptors (Lipinski definition) is 1. The second kappa shape index (κ2) is 4.14. The first kappa shape index (κ1) is 7.37. The average Bonchev–Trinajstić information content (AvgIpc) is 2.41. The highest BCUT2D eigenvalue weighted by atomic mass is 14.8. The van der Waals surface area contributed by atoms with Crippen LogP contribution in [0.3, 0.4) is 0 Å². The third-order valence-corrected chi connectivity index (χ3v) is 1.71. The van der Waals surface area contributed by atoms with E-state index in [-0.39, 0.29) is 0 Å². The van der Waals surface area contributed by atoms with Gasteiger partial charge in [-0.1, -0.05) is 17.6 Å². The highest BCUT2D eigenvalue weighted by molar-refractivity contribution is 5.09. The van der Waals surface area contributed by atoms with Crippen molar-refractivity contribution in [3.63, 3.8) is 0 Å². The Morgan fingerprint density at radius 1 is 1.70 bits per heavy atom. The van der Waals surface area contributed by atoms with Gasteiger partial charge < -0.3 is 5.32 Å². The van der Waals surface area contributed by atoms with E-state index in [1.54, 1.807) is 0 Å². The van der Waals surface area contributed by atoms with Crippen LogP contribution in [0, 0.1) is 12.3 Å². The van der Waals surface area contributed by atoms with Gasteiger partial charge in [-0.25, -0.2) is 0 Å². The first-order chi connectivity index (χ1) is 4.93. The van der Waals surface area contributed by atoms with Gasteiger partial charge >= 0.3 is 0 Å². The molecule has 0 aromatic carbocycles. The molecule has 1 heteroatoms. The molecule has 0 aromatic heterocycles. The Morgan fingerprint density at radius 3 is 3.20 bits per heavy atom. The molecule has 0 unspecified atom stereocenters. The second-order valence-electron chi connectivity index (χ2n) is 2.56. The predicted octanol–water partition coefficient (Wildman–Crippen LogP) is 1.32. The van der Waals surface area contributed by atoms with Crippen LogP contribution in [-0.2, 0) is 0 Å². The van der Waals surface area contributed by atoms with Crippen LogP contribution in [0.15, 0.2) is 11.6 Å². The third-order valence-electron chi connectivity index (χ3n) is 1.71. The van der Waals surface area contributed by atoms with Crippen molar-refractivity contribution in [1.29, 1.82) is 0 Å². The van der Waals surface area contributed by atoms with E-state index in [0.29, 0.717) is 6.54 Å². The van der Waals surface area contributed by atoms with Crippen molar-refractivity contribution in [3.8, 4) is 12.3 Å². The van der Waals surface area contributed by atoms with E-state index >= 15 is 0 Å². The highest BCUT2D eigenvalue weighted by Crippen LogP contribution is 2.15. The second-order valence-corrected chi connectivity index (χ2v) is 2.56. The van der Waals surface area contributed by atoms with Crippen LogP contribution >= 0.6 is 0 Å². The van der Waals surface area contributed by atoms with Crippen LogP contribution in [0.1, 0.15) is 19.3 Å². The molecule has 0 radical (unpaired) electrons. The first-order valence-electron chi connectivity index (χ1n) is 3.75. The van der Waals surface area contributed by atoms with Gasteiger partial charge in [0.15, 0.2) is 0 Å². The lowest BCUT2D eigenvalue weighted by molar-refractivity contribution is 0.791.